The van der Waals surface area contributed by atoms with Crippen molar-refractivity contribution in [3.05, 3.63) is 23.7 Å². The topological polar surface area (TPSA) is 68.7 Å². The summed E-state index contributed by atoms with van der Waals surface area (Å²) in [5.41, 5.74) is 6.79. The number of nitrogens with two attached hydrogens (primary N) is 1. The van der Waals surface area contributed by atoms with Crippen molar-refractivity contribution in [1.82, 2.24) is 4.90 Å². The maximum absolute atomic E-state index is 11.4. The van der Waals surface area contributed by atoms with Gasteiger partial charge in [0, 0.05) is 24.7 Å². The number of likely N-dealkylation sites (tertiary alicyclic amines) is 1. The van der Waals surface area contributed by atoms with Crippen molar-refractivity contribution in [2.24, 2.45) is 5.73 Å². The molecule has 0 aromatic carbocycles. The highest BCUT2D eigenvalue weighted by molar-refractivity contribution is 5.87. The molecule has 0 spiro atoms. The van der Waals surface area contributed by atoms with Crippen LogP contribution in [0.25, 0.3) is 0 Å². The zero-order chi connectivity index (χ0) is 12.3. The number of carbonyl (C=O) groups is 1. The molecule has 17 heavy (non-hydrogen) atoms. The largest absolute Gasteiger partial charge is 0.463 e. The van der Waals surface area contributed by atoms with Crippen LogP contribution in [0.4, 0.5) is 0 Å². The molecule has 2 rings (SSSR count). The Morgan fingerprint density at radius 2 is 2.53 bits per heavy atom. The fraction of sp³-hybridized carbons (Fsp3) is 0.583. The normalized spacial score (nSPS) is 21.4. The maximum atomic E-state index is 11.4. The highest BCUT2D eigenvalue weighted by Gasteiger charge is 2.21. The van der Waals surface area contributed by atoms with Crippen molar-refractivity contribution >= 4 is 5.97 Å². The minimum absolute atomic E-state index is 0.234. The molecule has 1 saturated heterocycles. The van der Waals surface area contributed by atoms with Crippen molar-refractivity contribution in [2.75, 3.05) is 20.2 Å². The lowest BCUT2D eigenvalue weighted by Crippen LogP contribution is -2.42. The summed E-state index contributed by atoms with van der Waals surface area (Å²) >= 11 is 0. The predicted octanol–water partition coefficient (Wildman–Crippen LogP) is 0.989. The fourth-order valence-corrected chi connectivity index (χ4v) is 2.21. The smallest absolute Gasteiger partial charge is 0.374 e. The Morgan fingerprint density at radius 1 is 1.71 bits per heavy atom. The van der Waals surface area contributed by atoms with E-state index in [2.05, 4.69) is 9.64 Å². The van der Waals surface area contributed by atoms with Gasteiger partial charge in [0.05, 0.1) is 13.4 Å². The SMILES string of the molecule is COC(=O)c1occc1CN1CCC[C@@H](N)C1. The Morgan fingerprint density at radius 3 is 3.24 bits per heavy atom. The summed E-state index contributed by atoms with van der Waals surface area (Å²) < 4.78 is 9.82. The number of hydrogen-bond donors (Lipinski definition) is 1. The van der Waals surface area contributed by atoms with Crippen LogP contribution >= 0.6 is 0 Å². The summed E-state index contributed by atoms with van der Waals surface area (Å²) in [6, 6.07) is 2.05. The van der Waals surface area contributed by atoms with Gasteiger partial charge in [0.15, 0.2) is 0 Å². The Kier molecular flexibility index (Phi) is 3.81. The van der Waals surface area contributed by atoms with Crippen LogP contribution in [0.5, 0.6) is 0 Å². The molecule has 1 aliphatic heterocycles. The van der Waals surface area contributed by atoms with Crippen LogP contribution in [-0.4, -0.2) is 37.1 Å². The van der Waals surface area contributed by atoms with Gasteiger partial charge in [-0.25, -0.2) is 4.79 Å². The van der Waals surface area contributed by atoms with Gasteiger partial charge in [-0.3, -0.25) is 4.90 Å². The van der Waals surface area contributed by atoms with Crippen molar-refractivity contribution in [3.63, 3.8) is 0 Å². The minimum atomic E-state index is -0.425. The van der Waals surface area contributed by atoms with Crippen LogP contribution in [0.1, 0.15) is 29.0 Å². The number of rotatable bonds is 3. The average molecular weight is 238 g/mol. The van der Waals surface area contributed by atoms with E-state index in [1.165, 1.54) is 13.4 Å². The van der Waals surface area contributed by atoms with E-state index in [4.69, 9.17) is 10.2 Å². The van der Waals surface area contributed by atoms with Gasteiger partial charge in [-0.1, -0.05) is 0 Å². The van der Waals surface area contributed by atoms with Gasteiger partial charge in [-0.2, -0.15) is 0 Å². The maximum Gasteiger partial charge on any atom is 0.374 e. The molecule has 1 aromatic heterocycles. The van der Waals surface area contributed by atoms with Crippen LogP contribution in [0.15, 0.2) is 16.7 Å². The van der Waals surface area contributed by atoms with E-state index in [9.17, 15) is 4.79 Å². The van der Waals surface area contributed by atoms with E-state index in [1.807, 2.05) is 6.07 Å². The highest BCUT2D eigenvalue weighted by Crippen LogP contribution is 2.17. The van der Waals surface area contributed by atoms with Gasteiger partial charge in [0.2, 0.25) is 5.76 Å². The van der Waals surface area contributed by atoms with Crippen LogP contribution in [-0.2, 0) is 11.3 Å². The standard InChI is InChI=1S/C12H18N2O3/c1-16-12(15)11-9(4-6-17-11)7-14-5-2-3-10(13)8-14/h4,6,10H,2-3,5,7-8,13H2,1H3/t10-/m1/s1. The first-order valence-corrected chi connectivity index (χ1v) is 5.83. The second kappa shape index (κ2) is 5.33. The predicted molar refractivity (Wildman–Crippen MR) is 62.5 cm³/mol. The first-order valence-electron chi connectivity index (χ1n) is 5.83. The van der Waals surface area contributed by atoms with Gasteiger partial charge in [0.1, 0.15) is 0 Å². The zero-order valence-corrected chi connectivity index (χ0v) is 10.0. The Bertz CT molecular complexity index is 389. The molecule has 2 N–H and O–H groups in total. The van der Waals surface area contributed by atoms with E-state index >= 15 is 0 Å². The number of nitrogens with zero attached hydrogens (tertiary/aromatic N) is 1. The Balaban J connectivity index is 2.03. The Hall–Kier alpha value is -1.33. The van der Waals surface area contributed by atoms with E-state index < -0.39 is 5.97 Å². The zero-order valence-electron chi connectivity index (χ0n) is 10.0. The van der Waals surface area contributed by atoms with Gasteiger partial charge in [-0.15, -0.1) is 0 Å². The molecule has 0 aliphatic carbocycles. The lowest BCUT2D eigenvalue weighted by Gasteiger charge is -2.30. The minimum Gasteiger partial charge on any atom is -0.463 e. The number of esters is 1. The number of piperidine rings is 1. The quantitative estimate of drug-likeness (QED) is 0.795. The monoisotopic (exact) mass is 238 g/mol. The highest BCUT2D eigenvalue weighted by atomic mass is 16.5. The van der Waals surface area contributed by atoms with E-state index in [-0.39, 0.29) is 6.04 Å². The number of hydrogen-bond acceptors (Lipinski definition) is 5. The second-order valence-corrected chi connectivity index (χ2v) is 4.40. The summed E-state index contributed by atoms with van der Waals surface area (Å²) in [5, 5.41) is 0. The van der Waals surface area contributed by atoms with Crippen molar-refractivity contribution in [2.45, 2.75) is 25.4 Å². The fourth-order valence-electron chi connectivity index (χ4n) is 2.21. The number of ether oxygens (including phenoxy) is 1. The van der Waals surface area contributed by atoms with Gasteiger partial charge in [-0.05, 0) is 25.5 Å². The average Bonchev–Trinajstić information content (AvgIpc) is 2.76. The van der Waals surface area contributed by atoms with Crippen LogP contribution < -0.4 is 5.73 Å². The first kappa shape index (κ1) is 12.1. The third kappa shape index (κ3) is 2.87. The molecule has 94 valence electrons. The molecular formula is C12H18N2O3. The van der Waals surface area contributed by atoms with Crippen LogP contribution in [0.2, 0.25) is 0 Å². The molecule has 0 amide bonds. The molecule has 5 heteroatoms. The molecule has 1 fully saturated rings. The lowest BCUT2D eigenvalue weighted by molar-refractivity contribution is 0.0561. The molecule has 1 aromatic rings. The third-order valence-electron chi connectivity index (χ3n) is 3.05. The summed E-state index contributed by atoms with van der Waals surface area (Å²) in [5.74, 6) is -0.127. The summed E-state index contributed by atoms with van der Waals surface area (Å²) in [4.78, 5) is 13.7. The number of furan rings is 1. The molecular weight excluding hydrogens is 220 g/mol. The number of methoxy groups -OCH3 is 1. The molecule has 0 bridgehead atoms. The molecule has 1 aliphatic rings. The summed E-state index contributed by atoms with van der Waals surface area (Å²) in [6.07, 6.45) is 3.70. The van der Waals surface area contributed by atoms with E-state index in [0.29, 0.717) is 12.3 Å². The van der Waals surface area contributed by atoms with Gasteiger partial charge in [0.25, 0.3) is 0 Å². The van der Waals surface area contributed by atoms with Crippen molar-refractivity contribution in [1.29, 1.82) is 0 Å². The molecule has 0 saturated carbocycles. The van der Waals surface area contributed by atoms with Crippen molar-refractivity contribution < 1.29 is 13.9 Å². The van der Waals surface area contributed by atoms with Gasteiger partial charge < -0.3 is 14.9 Å². The number of carbonyl (C=O) groups excluding carboxylic acids is 1. The van der Waals surface area contributed by atoms with Gasteiger partial charge >= 0.3 is 5.97 Å². The van der Waals surface area contributed by atoms with Crippen molar-refractivity contribution in [3.8, 4) is 0 Å². The molecule has 0 radical (unpaired) electrons. The Labute approximate surface area is 101 Å². The summed E-state index contributed by atoms with van der Waals surface area (Å²) in [7, 11) is 1.35. The summed E-state index contributed by atoms with van der Waals surface area (Å²) in [6.45, 7) is 2.57. The lowest BCUT2D eigenvalue weighted by atomic mass is 10.1. The van der Waals surface area contributed by atoms with Crippen LogP contribution in [0, 0.1) is 0 Å². The third-order valence-corrected chi connectivity index (χ3v) is 3.05. The molecule has 0 unspecified atom stereocenters. The molecule has 2 heterocycles. The molecule has 1 atom stereocenters. The van der Waals surface area contributed by atoms with E-state index in [1.54, 1.807) is 0 Å². The van der Waals surface area contributed by atoms with E-state index in [0.717, 1.165) is 31.5 Å². The van der Waals surface area contributed by atoms with Crippen LogP contribution in [0.3, 0.4) is 0 Å². The molecule has 5 nitrogen and oxygen atoms in total. The first-order chi connectivity index (χ1) is 8.20. The second-order valence-electron chi connectivity index (χ2n) is 4.40.